The van der Waals surface area contributed by atoms with Crippen LogP contribution in [-0.2, 0) is 17.9 Å². The first-order valence-electron chi connectivity index (χ1n) is 8.01. The molecule has 1 atom stereocenters. The lowest BCUT2D eigenvalue weighted by Crippen LogP contribution is -2.39. The zero-order valence-electron chi connectivity index (χ0n) is 13.6. The fourth-order valence-electron chi connectivity index (χ4n) is 2.98. The van der Waals surface area contributed by atoms with E-state index in [9.17, 15) is 27.2 Å². The van der Waals surface area contributed by atoms with Crippen LogP contribution in [0.5, 0.6) is 0 Å². The number of hydrogen-bond donors (Lipinski definition) is 1. The minimum Gasteiger partial charge on any atom is -0.346 e. The van der Waals surface area contributed by atoms with Crippen molar-refractivity contribution in [3.63, 3.8) is 0 Å². The molecule has 1 N–H and O–H groups in total. The van der Waals surface area contributed by atoms with E-state index in [0.717, 1.165) is 4.68 Å². The van der Waals surface area contributed by atoms with Gasteiger partial charge in [-0.15, -0.1) is 0 Å². The van der Waals surface area contributed by atoms with Crippen LogP contribution in [0.25, 0.3) is 0 Å². The van der Waals surface area contributed by atoms with E-state index in [1.165, 1.54) is 22.8 Å². The number of fused-ring (bicyclic) bond motifs is 1. The van der Waals surface area contributed by atoms with Gasteiger partial charge in [0.1, 0.15) is 18.2 Å². The molecule has 1 aliphatic heterocycles. The summed E-state index contributed by atoms with van der Waals surface area (Å²) in [5.74, 6) is -2.06. The Kier molecular flexibility index (Phi) is 4.84. The second kappa shape index (κ2) is 6.93. The number of halogens is 4. The van der Waals surface area contributed by atoms with Gasteiger partial charge in [0, 0.05) is 6.54 Å². The van der Waals surface area contributed by atoms with Crippen molar-refractivity contribution in [1.29, 1.82) is 0 Å². The van der Waals surface area contributed by atoms with Gasteiger partial charge in [-0.1, -0.05) is 12.1 Å². The van der Waals surface area contributed by atoms with Crippen molar-refractivity contribution in [3.8, 4) is 0 Å². The second-order valence-electron chi connectivity index (χ2n) is 6.11. The molecule has 1 amide bonds. The average molecular weight is 372 g/mol. The number of aromatic nitrogens is 3. The van der Waals surface area contributed by atoms with Crippen LogP contribution in [-0.4, -0.2) is 33.0 Å². The smallest absolute Gasteiger partial charge is 0.346 e. The Balaban J connectivity index is 1.84. The lowest BCUT2D eigenvalue weighted by atomic mass is 9.98. The molecule has 2 aromatic rings. The molecular formula is C16H16F4N4O2. The molecular weight excluding hydrogens is 356 g/mol. The molecule has 0 spiro atoms. The van der Waals surface area contributed by atoms with E-state index >= 15 is 0 Å². The molecule has 1 aromatic heterocycles. The number of carbonyl (C=O) groups is 1. The van der Waals surface area contributed by atoms with Gasteiger partial charge in [0.05, 0.1) is 12.5 Å². The third-order valence-electron chi connectivity index (χ3n) is 4.14. The number of nitrogens with zero attached hydrogens (tertiary/aromatic N) is 3. The van der Waals surface area contributed by atoms with Gasteiger partial charge < -0.3 is 5.32 Å². The van der Waals surface area contributed by atoms with E-state index in [-0.39, 0.29) is 12.4 Å². The summed E-state index contributed by atoms with van der Waals surface area (Å²) >= 11 is 0. The normalized spacial score (nSPS) is 17.0. The van der Waals surface area contributed by atoms with Gasteiger partial charge >= 0.3 is 11.9 Å². The van der Waals surface area contributed by atoms with Crippen LogP contribution >= 0.6 is 0 Å². The highest BCUT2D eigenvalue weighted by Crippen LogP contribution is 2.25. The van der Waals surface area contributed by atoms with Crippen LogP contribution < -0.4 is 11.0 Å². The van der Waals surface area contributed by atoms with E-state index in [1.807, 2.05) is 5.32 Å². The first-order valence-corrected chi connectivity index (χ1v) is 8.01. The molecule has 2 heterocycles. The number of amides is 1. The third-order valence-corrected chi connectivity index (χ3v) is 4.14. The molecule has 0 aliphatic carbocycles. The summed E-state index contributed by atoms with van der Waals surface area (Å²) in [5, 5.41) is 5.97. The lowest BCUT2D eigenvalue weighted by molar-refractivity contribution is -0.139. The Morgan fingerprint density at radius 3 is 2.81 bits per heavy atom. The number of nitrogens with one attached hydrogen (secondary N) is 1. The number of alkyl halides is 3. The van der Waals surface area contributed by atoms with Crippen molar-refractivity contribution in [3.05, 3.63) is 52.0 Å². The first-order chi connectivity index (χ1) is 12.2. The molecule has 26 heavy (non-hydrogen) atoms. The maximum Gasteiger partial charge on any atom is 0.405 e. The summed E-state index contributed by atoms with van der Waals surface area (Å²) in [5.41, 5.74) is 0.0400. The quantitative estimate of drug-likeness (QED) is 0.832. The summed E-state index contributed by atoms with van der Waals surface area (Å²) in [6.07, 6.45) is -3.73. The molecule has 1 unspecified atom stereocenters. The highest BCUT2D eigenvalue weighted by atomic mass is 19.4. The topological polar surface area (TPSA) is 68.9 Å². The van der Waals surface area contributed by atoms with Crippen LogP contribution in [0, 0.1) is 5.82 Å². The first kappa shape index (κ1) is 18.2. The molecule has 6 nitrogen and oxygen atoms in total. The number of hydrogen-bond acceptors (Lipinski definition) is 3. The van der Waals surface area contributed by atoms with Crippen molar-refractivity contribution in [2.45, 2.75) is 38.0 Å². The summed E-state index contributed by atoms with van der Waals surface area (Å²) in [6.45, 7) is -1.09. The SMILES string of the molecule is O=C(NCC(F)(F)F)C1CCCn2c1nn(Cc1cccc(F)c1)c2=O. The van der Waals surface area contributed by atoms with E-state index in [4.69, 9.17) is 0 Å². The van der Waals surface area contributed by atoms with Crippen molar-refractivity contribution in [2.24, 2.45) is 0 Å². The summed E-state index contributed by atoms with van der Waals surface area (Å²) in [4.78, 5) is 24.6. The molecule has 0 bridgehead atoms. The van der Waals surface area contributed by atoms with Crippen LogP contribution in [0.4, 0.5) is 17.6 Å². The van der Waals surface area contributed by atoms with Gasteiger partial charge in [-0.25, -0.2) is 13.9 Å². The Labute approximate surface area is 145 Å². The van der Waals surface area contributed by atoms with E-state index in [2.05, 4.69) is 5.10 Å². The van der Waals surface area contributed by atoms with E-state index in [0.29, 0.717) is 24.9 Å². The van der Waals surface area contributed by atoms with E-state index < -0.39 is 36.1 Å². The number of rotatable bonds is 4. The third kappa shape index (κ3) is 3.94. The minimum absolute atomic E-state index is 0.00742. The van der Waals surface area contributed by atoms with Gasteiger partial charge in [-0.2, -0.15) is 18.3 Å². The van der Waals surface area contributed by atoms with Crippen molar-refractivity contribution in [1.82, 2.24) is 19.7 Å². The Morgan fingerprint density at radius 1 is 1.35 bits per heavy atom. The average Bonchev–Trinajstić information content (AvgIpc) is 2.88. The van der Waals surface area contributed by atoms with Gasteiger partial charge in [-0.3, -0.25) is 9.36 Å². The molecule has 0 saturated heterocycles. The predicted octanol–water partition coefficient (Wildman–Crippen LogP) is 1.79. The Hall–Kier alpha value is -2.65. The number of carbonyl (C=O) groups excluding carboxylic acids is 1. The zero-order chi connectivity index (χ0) is 18.9. The summed E-state index contributed by atoms with van der Waals surface area (Å²) < 4.78 is 52.6. The Bertz CT molecular complexity index is 872. The number of benzene rings is 1. The zero-order valence-corrected chi connectivity index (χ0v) is 13.6. The molecule has 10 heteroatoms. The van der Waals surface area contributed by atoms with Crippen LogP contribution in [0.3, 0.4) is 0 Å². The van der Waals surface area contributed by atoms with Crippen molar-refractivity contribution in [2.75, 3.05) is 6.54 Å². The maximum atomic E-state index is 13.3. The predicted molar refractivity (Wildman–Crippen MR) is 83.0 cm³/mol. The van der Waals surface area contributed by atoms with Crippen LogP contribution in [0.1, 0.15) is 30.1 Å². The Morgan fingerprint density at radius 2 is 2.12 bits per heavy atom. The summed E-state index contributed by atoms with van der Waals surface area (Å²) in [6, 6.07) is 5.66. The van der Waals surface area contributed by atoms with Gasteiger partial charge in [-0.05, 0) is 30.5 Å². The molecule has 1 aliphatic rings. The van der Waals surface area contributed by atoms with Gasteiger partial charge in [0.15, 0.2) is 0 Å². The highest BCUT2D eigenvalue weighted by molar-refractivity contribution is 5.82. The van der Waals surface area contributed by atoms with Crippen LogP contribution in [0.15, 0.2) is 29.1 Å². The lowest BCUT2D eigenvalue weighted by Gasteiger charge is -2.21. The fraction of sp³-hybridized carbons (Fsp3) is 0.438. The standard InChI is InChI=1S/C16H16F4N4O2/c17-11-4-1-3-10(7-11)8-24-15(26)23-6-2-5-12(13(23)22-24)14(25)21-9-16(18,19)20/h1,3-4,7,12H,2,5-6,8-9H2,(H,21,25). The molecule has 0 saturated carbocycles. The van der Waals surface area contributed by atoms with Crippen molar-refractivity contribution < 1.29 is 22.4 Å². The maximum absolute atomic E-state index is 13.3. The van der Waals surface area contributed by atoms with Crippen LogP contribution in [0.2, 0.25) is 0 Å². The molecule has 140 valence electrons. The molecule has 0 fully saturated rings. The van der Waals surface area contributed by atoms with Gasteiger partial charge in [0.2, 0.25) is 5.91 Å². The highest BCUT2D eigenvalue weighted by Gasteiger charge is 2.34. The largest absolute Gasteiger partial charge is 0.405 e. The minimum atomic E-state index is -4.51. The second-order valence-corrected chi connectivity index (χ2v) is 6.11. The fourth-order valence-corrected chi connectivity index (χ4v) is 2.98. The molecule has 0 radical (unpaired) electrons. The van der Waals surface area contributed by atoms with E-state index in [1.54, 1.807) is 6.07 Å². The van der Waals surface area contributed by atoms with Gasteiger partial charge in [0.25, 0.3) is 0 Å². The summed E-state index contributed by atoms with van der Waals surface area (Å²) in [7, 11) is 0. The van der Waals surface area contributed by atoms with Crippen molar-refractivity contribution >= 4 is 5.91 Å². The monoisotopic (exact) mass is 372 g/mol. The molecule has 1 aromatic carbocycles. The molecule has 3 rings (SSSR count).